The molecule has 1 unspecified atom stereocenters. The number of nitrogens with zero attached hydrogens (tertiary/aromatic N) is 7. The zero-order chi connectivity index (χ0) is 24.4. The lowest BCUT2D eigenvalue weighted by molar-refractivity contribution is 0.133. The SMILES string of the molecule is CCc1nc2c(NC3CCC(N(C)CC(C)N4CCCC4)CC3)nc(Nc3cnn(C)c3)nc2s1. The molecule has 1 saturated heterocycles. The van der Waals surface area contributed by atoms with Crippen LogP contribution in [-0.4, -0.2) is 79.3 Å². The van der Waals surface area contributed by atoms with Crippen molar-refractivity contribution in [1.29, 1.82) is 0 Å². The number of aromatic nitrogens is 5. The van der Waals surface area contributed by atoms with E-state index in [1.165, 1.54) is 38.8 Å². The van der Waals surface area contributed by atoms with E-state index in [1.807, 2.05) is 13.2 Å². The first-order valence-electron chi connectivity index (χ1n) is 13.1. The summed E-state index contributed by atoms with van der Waals surface area (Å²) in [5.41, 5.74) is 1.77. The maximum absolute atomic E-state index is 4.84. The van der Waals surface area contributed by atoms with Gasteiger partial charge in [0.05, 0.1) is 16.9 Å². The van der Waals surface area contributed by atoms with E-state index in [0.29, 0.717) is 24.1 Å². The Morgan fingerprint density at radius 3 is 2.60 bits per heavy atom. The van der Waals surface area contributed by atoms with Gasteiger partial charge in [0.25, 0.3) is 0 Å². The highest BCUT2D eigenvalue weighted by Gasteiger charge is 2.27. The fraction of sp³-hybridized carbons (Fsp3) is 0.680. The van der Waals surface area contributed by atoms with Gasteiger partial charge in [0.2, 0.25) is 5.95 Å². The summed E-state index contributed by atoms with van der Waals surface area (Å²) in [5, 5.41) is 12.4. The van der Waals surface area contributed by atoms with Crippen molar-refractivity contribution in [2.75, 3.05) is 37.3 Å². The van der Waals surface area contributed by atoms with Crippen LogP contribution in [0.4, 0.5) is 17.5 Å². The van der Waals surface area contributed by atoms with Crippen molar-refractivity contribution in [3.8, 4) is 0 Å². The molecule has 3 aromatic rings. The topological polar surface area (TPSA) is 87.0 Å². The summed E-state index contributed by atoms with van der Waals surface area (Å²) in [4.78, 5) is 20.6. The zero-order valence-electron chi connectivity index (χ0n) is 21.5. The van der Waals surface area contributed by atoms with E-state index >= 15 is 0 Å². The van der Waals surface area contributed by atoms with E-state index in [-0.39, 0.29) is 0 Å². The van der Waals surface area contributed by atoms with Crippen LogP contribution in [0.1, 0.15) is 57.4 Å². The van der Waals surface area contributed by atoms with Crippen molar-refractivity contribution in [1.82, 2.24) is 34.5 Å². The van der Waals surface area contributed by atoms with Crippen LogP contribution in [0.3, 0.4) is 0 Å². The molecule has 0 aromatic carbocycles. The summed E-state index contributed by atoms with van der Waals surface area (Å²) in [7, 11) is 4.22. The molecular formula is C25H39N9S. The Kier molecular flexibility index (Phi) is 7.50. The van der Waals surface area contributed by atoms with E-state index in [9.17, 15) is 0 Å². The summed E-state index contributed by atoms with van der Waals surface area (Å²) < 4.78 is 1.77. The maximum Gasteiger partial charge on any atom is 0.230 e. The molecule has 2 N–H and O–H groups in total. The van der Waals surface area contributed by atoms with Crippen molar-refractivity contribution in [3.63, 3.8) is 0 Å². The first kappa shape index (κ1) is 24.4. The Bertz CT molecular complexity index is 1110. The highest BCUT2D eigenvalue weighted by Crippen LogP contribution is 2.31. The molecule has 10 heteroatoms. The molecule has 9 nitrogen and oxygen atoms in total. The minimum absolute atomic E-state index is 0.409. The molecule has 1 saturated carbocycles. The van der Waals surface area contributed by atoms with Gasteiger partial charge in [0.15, 0.2) is 10.6 Å². The fourth-order valence-corrected chi connectivity index (χ4v) is 6.38. The Labute approximate surface area is 212 Å². The number of hydrogen-bond donors (Lipinski definition) is 2. The zero-order valence-corrected chi connectivity index (χ0v) is 22.3. The summed E-state index contributed by atoms with van der Waals surface area (Å²) in [6.07, 6.45) is 12.1. The summed E-state index contributed by atoms with van der Waals surface area (Å²) in [6, 6.07) is 1.72. The van der Waals surface area contributed by atoms with Crippen molar-refractivity contribution in [2.45, 2.75) is 76.9 Å². The van der Waals surface area contributed by atoms with Gasteiger partial charge in [-0.25, -0.2) is 4.98 Å². The minimum atomic E-state index is 0.409. The number of hydrogen-bond acceptors (Lipinski definition) is 9. The van der Waals surface area contributed by atoms with E-state index in [0.717, 1.165) is 52.7 Å². The third-order valence-corrected chi connectivity index (χ3v) is 8.64. The second-order valence-electron chi connectivity index (χ2n) is 10.2. The molecule has 5 rings (SSSR count). The second-order valence-corrected chi connectivity index (χ2v) is 11.3. The number of rotatable bonds is 9. The van der Waals surface area contributed by atoms with Crippen molar-refractivity contribution in [3.05, 3.63) is 17.4 Å². The molecule has 1 aliphatic heterocycles. The molecule has 2 aliphatic rings. The average Bonchev–Trinajstić information content (AvgIpc) is 3.60. The molecule has 1 atom stereocenters. The molecular weight excluding hydrogens is 458 g/mol. The van der Waals surface area contributed by atoms with Gasteiger partial charge < -0.3 is 15.5 Å². The lowest BCUT2D eigenvalue weighted by Gasteiger charge is -2.37. The molecule has 0 bridgehead atoms. The molecule has 35 heavy (non-hydrogen) atoms. The van der Waals surface area contributed by atoms with Crippen LogP contribution in [0.25, 0.3) is 10.3 Å². The smallest absolute Gasteiger partial charge is 0.230 e. The van der Waals surface area contributed by atoms with Crippen molar-refractivity contribution < 1.29 is 0 Å². The van der Waals surface area contributed by atoms with Gasteiger partial charge in [-0.1, -0.05) is 18.3 Å². The molecule has 0 amide bonds. The number of thiazole rings is 1. The lowest BCUT2D eigenvalue weighted by Crippen LogP contribution is -2.45. The number of likely N-dealkylation sites (tertiary alicyclic amines) is 1. The van der Waals surface area contributed by atoms with Crippen LogP contribution in [0.15, 0.2) is 12.4 Å². The Hall–Kier alpha value is -2.30. The van der Waals surface area contributed by atoms with Crippen molar-refractivity contribution in [2.24, 2.45) is 7.05 Å². The van der Waals surface area contributed by atoms with Gasteiger partial charge >= 0.3 is 0 Å². The fourth-order valence-electron chi connectivity index (χ4n) is 5.51. The van der Waals surface area contributed by atoms with Gasteiger partial charge in [-0.3, -0.25) is 9.58 Å². The summed E-state index contributed by atoms with van der Waals surface area (Å²) in [6.45, 7) is 8.23. The average molecular weight is 498 g/mol. The largest absolute Gasteiger partial charge is 0.365 e. The van der Waals surface area contributed by atoms with Gasteiger partial charge in [0.1, 0.15) is 5.52 Å². The quantitative estimate of drug-likeness (QED) is 0.453. The first-order chi connectivity index (χ1) is 17.0. The number of nitrogens with one attached hydrogen (secondary N) is 2. The third kappa shape index (κ3) is 5.76. The number of anilines is 3. The van der Waals surface area contributed by atoms with Gasteiger partial charge in [-0.15, -0.1) is 0 Å². The van der Waals surface area contributed by atoms with Gasteiger partial charge in [-0.2, -0.15) is 15.1 Å². The maximum atomic E-state index is 4.84. The highest BCUT2D eigenvalue weighted by molar-refractivity contribution is 7.18. The molecule has 0 spiro atoms. The number of fused-ring (bicyclic) bond motifs is 1. The summed E-state index contributed by atoms with van der Waals surface area (Å²) in [5.74, 6) is 1.43. The summed E-state index contributed by atoms with van der Waals surface area (Å²) >= 11 is 1.65. The van der Waals surface area contributed by atoms with Crippen LogP contribution < -0.4 is 10.6 Å². The molecule has 1 aliphatic carbocycles. The number of aryl methyl sites for hydroxylation is 2. The van der Waals surface area contributed by atoms with Gasteiger partial charge in [0, 0.05) is 37.9 Å². The Morgan fingerprint density at radius 1 is 1.14 bits per heavy atom. The third-order valence-electron chi connectivity index (χ3n) is 7.54. The number of likely N-dealkylation sites (N-methyl/N-ethyl adjacent to an activating group) is 1. The molecule has 190 valence electrons. The highest BCUT2D eigenvalue weighted by atomic mass is 32.1. The molecule has 3 aromatic heterocycles. The lowest BCUT2D eigenvalue weighted by atomic mass is 9.90. The Morgan fingerprint density at radius 2 is 1.91 bits per heavy atom. The predicted molar refractivity (Wildman–Crippen MR) is 144 cm³/mol. The van der Waals surface area contributed by atoms with E-state index in [4.69, 9.17) is 15.0 Å². The van der Waals surface area contributed by atoms with E-state index < -0.39 is 0 Å². The van der Waals surface area contributed by atoms with Crippen molar-refractivity contribution >= 4 is 39.1 Å². The first-order valence-corrected chi connectivity index (χ1v) is 13.9. The monoisotopic (exact) mass is 497 g/mol. The van der Waals surface area contributed by atoms with Crippen LogP contribution in [-0.2, 0) is 13.5 Å². The van der Waals surface area contributed by atoms with E-state index in [2.05, 4.69) is 46.4 Å². The second kappa shape index (κ2) is 10.8. The normalized spacial score (nSPS) is 22.2. The van der Waals surface area contributed by atoms with Crippen LogP contribution in [0.5, 0.6) is 0 Å². The molecule has 0 radical (unpaired) electrons. The predicted octanol–water partition coefficient (Wildman–Crippen LogP) is 4.27. The van der Waals surface area contributed by atoms with Crippen LogP contribution in [0.2, 0.25) is 0 Å². The minimum Gasteiger partial charge on any atom is -0.365 e. The van der Waals surface area contributed by atoms with Crippen LogP contribution in [0, 0.1) is 0 Å². The molecule has 2 fully saturated rings. The Balaban J connectivity index is 1.24. The standard InChI is InChI=1S/C25H39N9S/c1-5-21-29-22-23(30-25(31-24(22)35-21)28-19-14-26-33(4)16-19)27-18-8-10-20(11-9-18)32(3)15-17(2)34-12-6-7-13-34/h14,16-18,20H,5-13,15H2,1-4H3,(H2,27,28,30,31). The van der Waals surface area contributed by atoms with E-state index in [1.54, 1.807) is 22.2 Å². The van der Waals surface area contributed by atoms with Crippen LogP contribution >= 0.6 is 11.3 Å². The molecule has 4 heterocycles. The van der Waals surface area contributed by atoms with Gasteiger partial charge in [-0.05, 0) is 72.0 Å².